The standard InChI is InChI=1S/C43H30O2/c1-43(2)37-25-29(13-11-27-17-21-41-35(23-27)33-7-3-5-9-39(33)44-41)15-19-31(37)32-20-16-30(26-38(32)43)14-12-28-18-22-42-36(24-28)34-8-4-6-10-40(34)45-42/h3-26H,1-2H3. The molecule has 45 heavy (non-hydrogen) atoms. The molecule has 0 unspecified atom stereocenters. The fourth-order valence-electron chi connectivity index (χ4n) is 7.06. The van der Waals surface area contributed by atoms with Crippen molar-refractivity contribution in [2.24, 2.45) is 0 Å². The Kier molecular flexibility index (Phi) is 5.58. The first-order valence-electron chi connectivity index (χ1n) is 15.5. The highest BCUT2D eigenvalue weighted by Crippen LogP contribution is 2.49. The lowest BCUT2D eigenvalue weighted by molar-refractivity contribution is 0.660. The minimum atomic E-state index is -0.0956. The van der Waals surface area contributed by atoms with Crippen LogP contribution in [0.2, 0.25) is 0 Å². The smallest absolute Gasteiger partial charge is 0.135 e. The normalized spacial score (nSPS) is 14.0. The van der Waals surface area contributed by atoms with E-state index < -0.39 is 0 Å². The van der Waals surface area contributed by atoms with Crippen LogP contribution in [-0.4, -0.2) is 0 Å². The second-order valence-electron chi connectivity index (χ2n) is 12.6. The Bertz CT molecular complexity index is 2340. The lowest BCUT2D eigenvalue weighted by Crippen LogP contribution is -2.15. The third kappa shape index (κ3) is 4.17. The molecular formula is C43H30O2. The molecule has 0 atom stereocenters. The van der Waals surface area contributed by atoms with Crippen LogP contribution in [0.1, 0.15) is 47.2 Å². The summed E-state index contributed by atoms with van der Waals surface area (Å²) in [6.07, 6.45) is 8.84. The molecule has 0 saturated heterocycles. The van der Waals surface area contributed by atoms with Gasteiger partial charge in [-0.1, -0.05) is 123 Å². The molecule has 2 heteroatoms. The van der Waals surface area contributed by atoms with Gasteiger partial charge in [-0.3, -0.25) is 0 Å². The molecule has 0 spiro atoms. The molecule has 2 aromatic heterocycles. The van der Waals surface area contributed by atoms with Crippen molar-refractivity contribution < 1.29 is 8.83 Å². The van der Waals surface area contributed by atoms with Crippen molar-refractivity contribution in [1.29, 1.82) is 0 Å². The van der Waals surface area contributed by atoms with E-state index in [1.807, 2.05) is 24.3 Å². The number of hydrogen-bond donors (Lipinski definition) is 0. The van der Waals surface area contributed by atoms with Gasteiger partial charge in [0, 0.05) is 27.0 Å². The zero-order chi connectivity index (χ0) is 30.1. The average molecular weight is 579 g/mol. The highest BCUT2D eigenvalue weighted by molar-refractivity contribution is 6.06. The second kappa shape index (κ2) is 9.70. The van der Waals surface area contributed by atoms with E-state index in [0.717, 1.165) is 55.0 Å². The maximum Gasteiger partial charge on any atom is 0.135 e. The minimum Gasteiger partial charge on any atom is -0.456 e. The van der Waals surface area contributed by atoms with E-state index in [0.29, 0.717) is 0 Å². The molecule has 2 nitrogen and oxygen atoms in total. The van der Waals surface area contributed by atoms with Gasteiger partial charge >= 0.3 is 0 Å². The predicted octanol–water partition coefficient (Wildman–Crippen LogP) is 12.1. The van der Waals surface area contributed by atoms with Gasteiger partial charge in [-0.25, -0.2) is 0 Å². The Morgan fingerprint density at radius 1 is 0.400 bits per heavy atom. The molecule has 2 heterocycles. The molecule has 0 radical (unpaired) electrons. The van der Waals surface area contributed by atoms with Gasteiger partial charge in [0.15, 0.2) is 0 Å². The van der Waals surface area contributed by atoms with Crippen molar-refractivity contribution in [1.82, 2.24) is 0 Å². The highest BCUT2D eigenvalue weighted by atomic mass is 16.3. The van der Waals surface area contributed by atoms with E-state index in [4.69, 9.17) is 8.83 Å². The van der Waals surface area contributed by atoms with Gasteiger partial charge < -0.3 is 8.83 Å². The Balaban J connectivity index is 1.00. The Morgan fingerprint density at radius 3 is 1.24 bits per heavy atom. The first-order chi connectivity index (χ1) is 22.0. The van der Waals surface area contributed by atoms with Crippen molar-refractivity contribution in [2.45, 2.75) is 19.3 Å². The summed E-state index contributed by atoms with van der Waals surface area (Å²) in [6.45, 7) is 4.68. The molecule has 0 N–H and O–H groups in total. The van der Waals surface area contributed by atoms with Crippen LogP contribution in [0.25, 0.3) is 79.3 Å². The molecule has 1 aliphatic rings. The van der Waals surface area contributed by atoms with Crippen LogP contribution in [0.4, 0.5) is 0 Å². The molecule has 6 aromatic carbocycles. The monoisotopic (exact) mass is 578 g/mol. The van der Waals surface area contributed by atoms with E-state index in [9.17, 15) is 0 Å². The Labute approximate surface area is 261 Å². The Morgan fingerprint density at radius 2 is 0.778 bits per heavy atom. The van der Waals surface area contributed by atoms with E-state index in [1.54, 1.807) is 0 Å². The average Bonchev–Trinajstić information content (AvgIpc) is 3.70. The van der Waals surface area contributed by atoms with Crippen molar-refractivity contribution in [3.05, 3.63) is 155 Å². The van der Waals surface area contributed by atoms with E-state index in [2.05, 4.69) is 135 Å². The fraction of sp³-hybridized carbons (Fsp3) is 0.0698. The number of fused-ring (bicyclic) bond motifs is 9. The summed E-state index contributed by atoms with van der Waals surface area (Å²) in [7, 11) is 0. The molecule has 0 aliphatic heterocycles. The molecule has 8 aromatic rings. The minimum absolute atomic E-state index is 0.0956. The third-order valence-electron chi connectivity index (χ3n) is 9.46. The molecule has 0 amide bonds. The maximum absolute atomic E-state index is 6.01. The van der Waals surface area contributed by atoms with Crippen LogP contribution < -0.4 is 0 Å². The first-order valence-corrected chi connectivity index (χ1v) is 15.5. The number of benzene rings is 6. The lowest BCUT2D eigenvalue weighted by Gasteiger charge is -2.22. The van der Waals surface area contributed by atoms with Gasteiger partial charge in [0.25, 0.3) is 0 Å². The molecule has 0 fully saturated rings. The second-order valence-corrected chi connectivity index (χ2v) is 12.6. The summed E-state index contributed by atoms with van der Waals surface area (Å²) in [6, 6.07) is 43.0. The summed E-state index contributed by atoms with van der Waals surface area (Å²) in [5, 5.41) is 4.61. The maximum atomic E-state index is 6.01. The zero-order valence-electron chi connectivity index (χ0n) is 25.2. The number of para-hydroxylation sites is 2. The lowest BCUT2D eigenvalue weighted by atomic mass is 9.81. The molecule has 1 aliphatic carbocycles. The van der Waals surface area contributed by atoms with Gasteiger partial charge in [-0.15, -0.1) is 0 Å². The topological polar surface area (TPSA) is 26.3 Å². The van der Waals surface area contributed by atoms with Gasteiger partial charge in [-0.05, 0) is 80.9 Å². The van der Waals surface area contributed by atoms with E-state index in [1.165, 1.54) is 33.4 Å². The van der Waals surface area contributed by atoms with Gasteiger partial charge in [0.05, 0.1) is 0 Å². The molecule has 0 bridgehead atoms. The van der Waals surface area contributed by atoms with Crippen molar-refractivity contribution in [2.75, 3.05) is 0 Å². The summed E-state index contributed by atoms with van der Waals surface area (Å²) < 4.78 is 12.0. The number of furan rings is 2. The predicted molar refractivity (Wildman–Crippen MR) is 189 cm³/mol. The SMILES string of the molecule is CC1(C)c2cc(C=Cc3ccc4oc5ccccc5c4c3)ccc2-c2ccc(C=Cc3ccc4oc5ccccc5c4c3)cc21. The van der Waals surface area contributed by atoms with Gasteiger partial charge in [-0.2, -0.15) is 0 Å². The van der Waals surface area contributed by atoms with Crippen LogP contribution in [0.5, 0.6) is 0 Å². The molecule has 9 rings (SSSR count). The van der Waals surface area contributed by atoms with Crippen molar-refractivity contribution >= 4 is 68.2 Å². The van der Waals surface area contributed by atoms with Gasteiger partial charge in [0.2, 0.25) is 0 Å². The van der Waals surface area contributed by atoms with Gasteiger partial charge in [0.1, 0.15) is 22.3 Å². The van der Waals surface area contributed by atoms with Crippen molar-refractivity contribution in [3.63, 3.8) is 0 Å². The quantitative estimate of drug-likeness (QED) is 0.194. The largest absolute Gasteiger partial charge is 0.456 e. The summed E-state index contributed by atoms with van der Waals surface area (Å²) in [5.41, 5.74) is 13.7. The fourth-order valence-corrected chi connectivity index (χ4v) is 7.06. The van der Waals surface area contributed by atoms with Crippen LogP contribution in [0, 0.1) is 0 Å². The third-order valence-corrected chi connectivity index (χ3v) is 9.46. The van der Waals surface area contributed by atoms with Crippen LogP contribution in [0.3, 0.4) is 0 Å². The van der Waals surface area contributed by atoms with E-state index in [-0.39, 0.29) is 5.41 Å². The summed E-state index contributed by atoms with van der Waals surface area (Å²) >= 11 is 0. The van der Waals surface area contributed by atoms with E-state index >= 15 is 0 Å². The van der Waals surface area contributed by atoms with Crippen LogP contribution >= 0.6 is 0 Å². The van der Waals surface area contributed by atoms with Crippen molar-refractivity contribution in [3.8, 4) is 11.1 Å². The Hall–Kier alpha value is -5.60. The van der Waals surface area contributed by atoms with Crippen LogP contribution in [0.15, 0.2) is 130 Å². The zero-order valence-corrected chi connectivity index (χ0v) is 25.2. The molecule has 0 saturated carbocycles. The highest BCUT2D eigenvalue weighted by Gasteiger charge is 2.35. The van der Waals surface area contributed by atoms with Crippen LogP contribution in [-0.2, 0) is 5.41 Å². The number of rotatable bonds is 4. The summed E-state index contributed by atoms with van der Waals surface area (Å²) in [5.74, 6) is 0. The number of hydrogen-bond acceptors (Lipinski definition) is 2. The molecule has 214 valence electrons. The molecular weight excluding hydrogens is 548 g/mol. The summed E-state index contributed by atoms with van der Waals surface area (Å²) in [4.78, 5) is 0. The first kappa shape index (κ1) is 25.9.